The number of Topliss-reactive ketones (excluding diaryl/α,β-unsaturated/α-hetero) is 1. The molecule has 3 N–H and O–H groups in total. The molecule has 0 radical (unpaired) electrons. The number of pyridine rings is 1. The van der Waals surface area contributed by atoms with Crippen molar-refractivity contribution in [2.24, 2.45) is 0 Å². The number of hydrogen-bond acceptors (Lipinski definition) is 10. The van der Waals surface area contributed by atoms with Gasteiger partial charge in [0.25, 0.3) is 0 Å². The van der Waals surface area contributed by atoms with Gasteiger partial charge in [-0.05, 0) is 24.1 Å². The van der Waals surface area contributed by atoms with Crippen LogP contribution in [-0.2, 0) is 16.0 Å². The summed E-state index contributed by atoms with van der Waals surface area (Å²) >= 11 is 0. The Balaban J connectivity index is 1.59. The maximum atomic E-state index is 12.0. The summed E-state index contributed by atoms with van der Waals surface area (Å²) in [4.78, 5) is 36.6. The zero-order valence-corrected chi connectivity index (χ0v) is 19.3. The van der Waals surface area contributed by atoms with Crippen molar-refractivity contribution in [3.05, 3.63) is 54.5 Å². The van der Waals surface area contributed by atoms with E-state index >= 15 is 0 Å². The lowest BCUT2D eigenvalue weighted by atomic mass is 10.0. The third kappa shape index (κ3) is 4.93. The van der Waals surface area contributed by atoms with Gasteiger partial charge in [0.15, 0.2) is 17.4 Å². The van der Waals surface area contributed by atoms with Gasteiger partial charge in [0.1, 0.15) is 11.6 Å². The number of fused-ring (bicyclic) bond motifs is 1. The van der Waals surface area contributed by atoms with Gasteiger partial charge in [0.2, 0.25) is 5.95 Å². The number of anilines is 2. The van der Waals surface area contributed by atoms with Gasteiger partial charge in [-0.15, -0.1) is 0 Å². The minimum Gasteiger partial charge on any atom is -0.386 e. The van der Waals surface area contributed by atoms with E-state index in [1.165, 1.54) is 6.92 Å². The van der Waals surface area contributed by atoms with Crippen LogP contribution in [0.25, 0.3) is 33.5 Å². The molecule has 0 amide bonds. The zero-order valence-electron chi connectivity index (χ0n) is 19.3. The maximum absolute atomic E-state index is 12.0. The van der Waals surface area contributed by atoms with Crippen LogP contribution in [0.4, 0.5) is 11.8 Å². The van der Waals surface area contributed by atoms with Crippen LogP contribution < -0.4 is 10.6 Å². The Morgan fingerprint density at radius 3 is 2.54 bits per heavy atom. The van der Waals surface area contributed by atoms with Crippen molar-refractivity contribution in [2.45, 2.75) is 19.4 Å². The highest BCUT2D eigenvalue weighted by Gasteiger charge is 2.20. The molecule has 1 aromatic carbocycles. The summed E-state index contributed by atoms with van der Waals surface area (Å²) in [7, 11) is 0. The predicted molar refractivity (Wildman–Crippen MR) is 132 cm³/mol. The fourth-order valence-corrected chi connectivity index (χ4v) is 3.95. The number of hydrogen-bond donors (Lipinski definition) is 2. The van der Waals surface area contributed by atoms with Crippen LogP contribution in [-0.4, -0.2) is 68.2 Å². The number of nitrogen functional groups attached to an aromatic ring is 1. The number of ketones is 1. The second kappa shape index (κ2) is 9.69. The van der Waals surface area contributed by atoms with Crippen molar-refractivity contribution in [1.29, 1.82) is 0 Å². The minimum atomic E-state index is -0.993. The van der Waals surface area contributed by atoms with Crippen LogP contribution >= 0.6 is 0 Å². The summed E-state index contributed by atoms with van der Waals surface area (Å²) in [6.45, 7) is 4.11. The van der Waals surface area contributed by atoms with Gasteiger partial charge in [0.05, 0.1) is 24.3 Å². The molecule has 10 heteroatoms. The Hall–Kier alpha value is -4.02. The van der Waals surface area contributed by atoms with Crippen LogP contribution in [0.2, 0.25) is 0 Å². The number of rotatable bonds is 6. The van der Waals surface area contributed by atoms with Crippen LogP contribution in [0.3, 0.4) is 0 Å². The van der Waals surface area contributed by atoms with Crippen molar-refractivity contribution in [3.8, 4) is 22.5 Å². The molecular formula is C25H25N7O3. The molecule has 35 heavy (non-hydrogen) atoms. The van der Waals surface area contributed by atoms with Gasteiger partial charge >= 0.3 is 0 Å². The summed E-state index contributed by atoms with van der Waals surface area (Å²) in [5, 5.41) is 9.55. The Morgan fingerprint density at radius 1 is 1.06 bits per heavy atom. The number of benzene rings is 1. The standard InChI is InChI=1S/C25H25N7O3/c1-15(33)21(34)10-16-3-2-4-17(9-16)18-11-20-22(27-12-18)24(32-5-7-35-8-6-32)31-23(30-20)19-13-28-25(26)29-14-19/h2-4,9,11-15,33H,5-8,10H2,1H3,(H2,26,28,29). The fraction of sp³-hybridized carbons (Fsp3) is 0.280. The number of ether oxygens (including phenoxy) is 1. The van der Waals surface area contributed by atoms with E-state index in [9.17, 15) is 9.90 Å². The van der Waals surface area contributed by atoms with Crippen molar-refractivity contribution < 1.29 is 14.6 Å². The molecule has 1 fully saturated rings. The lowest BCUT2D eigenvalue weighted by molar-refractivity contribution is -0.125. The summed E-state index contributed by atoms with van der Waals surface area (Å²) in [6.07, 6.45) is 4.17. The number of carbonyl (C=O) groups excluding carboxylic acids is 1. The van der Waals surface area contributed by atoms with E-state index < -0.39 is 6.10 Å². The molecule has 0 bridgehead atoms. The highest BCUT2D eigenvalue weighted by Crippen LogP contribution is 2.30. The largest absolute Gasteiger partial charge is 0.386 e. The van der Waals surface area contributed by atoms with Crippen molar-refractivity contribution in [3.63, 3.8) is 0 Å². The summed E-state index contributed by atoms with van der Waals surface area (Å²) in [5.74, 6) is 1.17. The van der Waals surface area contributed by atoms with Crippen molar-refractivity contribution >= 4 is 28.6 Å². The highest BCUT2D eigenvalue weighted by atomic mass is 16.5. The monoisotopic (exact) mass is 471 g/mol. The van der Waals surface area contributed by atoms with Gasteiger partial charge in [-0.25, -0.2) is 19.9 Å². The lowest BCUT2D eigenvalue weighted by Crippen LogP contribution is -2.37. The molecule has 3 aromatic heterocycles. The molecule has 0 spiro atoms. The maximum Gasteiger partial charge on any atom is 0.219 e. The number of morpholine rings is 1. The average Bonchev–Trinajstić information content (AvgIpc) is 2.88. The third-order valence-electron chi connectivity index (χ3n) is 5.86. The first-order chi connectivity index (χ1) is 17.0. The van der Waals surface area contributed by atoms with Crippen molar-refractivity contribution in [1.82, 2.24) is 24.9 Å². The van der Waals surface area contributed by atoms with Gasteiger partial charge < -0.3 is 20.5 Å². The minimum absolute atomic E-state index is 0.164. The number of aliphatic hydroxyl groups is 1. The molecule has 10 nitrogen and oxygen atoms in total. The van der Waals surface area contributed by atoms with E-state index in [0.29, 0.717) is 48.7 Å². The zero-order chi connectivity index (χ0) is 24.4. The lowest BCUT2D eigenvalue weighted by Gasteiger charge is -2.28. The quantitative estimate of drug-likeness (QED) is 0.429. The molecule has 5 rings (SSSR count). The molecule has 178 valence electrons. The molecule has 1 aliphatic heterocycles. The first-order valence-electron chi connectivity index (χ1n) is 11.4. The van der Waals surface area contributed by atoms with Crippen LogP contribution in [0.5, 0.6) is 0 Å². The first-order valence-corrected chi connectivity index (χ1v) is 11.4. The molecule has 1 saturated heterocycles. The molecule has 1 unspecified atom stereocenters. The van der Waals surface area contributed by atoms with Gasteiger partial charge in [-0.1, -0.05) is 24.3 Å². The Kier molecular flexibility index (Phi) is 6.30. The second-order valence-electron chi connectivity index (χ2n) is 8.41. The molecule has 4 aromatic rings. The normalized spacial score (nSPS) is 14.7. The van der Waals surface area contributed by atoms with Crippen LogP contribution in [0.15, 0.2) is 48.9 Å². The molecule has 1 aliphatic rings. The summed E-state index contributed by atoms with van der Waals surface area (Å²) < 4.78 is 5.51. The third-order valence-corrected chi connectivity index (χ3v) is 5.86. The van der Waals surface area contributed by atoms with Crippen LogP contribution in [0.1, 0.15) is 12.5 Å². The number of aliphatic hydroxyl groups excluding tert-OH is 1. The molecular weight excluding hydrogens is 446 g/mol. The molecule has 0 saturated carbocycles. The average molecular weight is 472 g/mol. The Bertz CT molecular complexity index is 1370. The van der Waals surface area contributed by atoms with E-state index in [2.05, 4.69) is 14.9 Å². The smallest absolute Gasteiger partial charge is 0.219 e. The number of nitrogens with zero attached hydrogens (tertiary/aromatic N) is 6. The fourth-order valence-electron chi connectivity index (χ4n) is 3.95. The molecule has 4 heterocycles. The van der Waals surface area contributed by atoms with E-state index in [-0.39, 0.29) is 18.2 Å². The summed E-state index contributed by atoms with van der Waals surface area (Å²) in [6, 6.07) is 9.61. The van der Waals surface area contributed by atoms with E-state index in [1.54, 1.807) is 18.6 Å². The van der Waals surface area contributed by atoms with Gasteiger partial charge in [0, 0.05) is 43.7 Å². The van der Waals surface area contributed by atoms with E-state index in [4.69, 9.17) is 25.4 Å². The van der Waals surface area contributed by atoms with Gasteiger partial charge in [-0.2, -0.15) is 0 Å². The predicted octanol–water partition coefficient (Wildman–Crippen LogP) is 2.06. The highest BCUT2D eigenvalue weighted by molar-refractivity contribution is 5.90. The Morgan fingerprint density at radius 2 is 1.80 bits per heavy atom. The number of nitrogens with two attached hydrogens (primary N) is 1. The second-order valence-corrected chi connectivity index (χ2v) is 8.41. The van der Waals surface area contributed by atoms with E-state index in [1.807, 2.05) is 30.3 Å². The summed E-state index contributed by atoms with van der Waals surface area (Å²) in [5.41, 5.74) is 10.3. The van der Waals surface area contributed by atoms with Crippen molar-refractivity contribution in [2.75, 3.05) is 36.9 Å². The molecule has 1 atom stereocenters. The Labute approximate surface area is 201 Å². The number of aromatic nitrogens is 5. The van der Waals surface area contributed by atoms with Crippen LogP contribution in [0, 0.1) is 0 Å². The number of carbonyl (C=O) groups is 1. The van der Waals surface area contributed by atoms with E-state index in [0.717, 1.165) is 22.5 Å². The molecule has 0 aliphatic carbocycles. The first kappa shape index (κ1) is 22.8. The SMILES string of the molecule is CC(O)C(=O)Cc1cccc(-c2cnc3c(N4CCOCC4)nc(-c4cnc(N)nc4)nc3c2)c1. The van der Waals surface area contributed by atoms with Gasteiger partial charge in [-0.3, -0.25) is 9.78 Å². The topological polar surface area (TPSA) is 140 Å².